The van der Waals surface area contributed by atoms with Crippen LogP contribution in [0, 0.1) is 12.3 Å². The predicted molar refractivity (Wildman–Crippen MR) is 52.8 cm³/mol. The predicted octanol–water partition coefficient (Wildman–Crippen LogP) is 2.60. The minimum absolute atomic E-state index is 0.326. The van der Waals surface area contributed by atoms with E-state index in [9.17, 15) is 5.11 Å². The molecular weight excluding hydrogens is 178 g/mol. The van der Waals surface area contributed by atoms with E-state index in [4.69, 9.17) is 4.42 Å². The fourth-order valence-corrected chi connectivity index (χ4v) is 2.09. The minimum Gasteiger partial charge on any atom is -0.449 e. The van der Waals surface area contributed by atoms with Crippen molar-refractivity contribution >= 4 is 0 Å². The molecule has 0 saturated heterocycles. The largest absolute Gasteiger partial charge is 0.449 e. The van der Waals surface area contributed by atoms with Gasteiger partial charge in [0, 0.05) is 6.92 Å². The molecule has 78 valence electrons. The van der Waals surface area contributed by atoms with E-state index in [-0.39, 0.29) is 0 Å². The molecule has 1 heterocycles. The maximum Gasteiger partial charge on any atom is 0.191 e. The van der Waals surface area contributed by atoms with Gasteiger partial charge >= 0.3 is 0 Å². The van der Waals surface area contributed by atoms with Crippen LogP contribution in [0.2, 0.25) is 0 Å². The first-order valence-corrected chi connectivity index (χ1v) is 5.19. The Morgan fingerprint density at radius 3 is 2.79 bits per heavy atom. The van der Waals surface area contributed by atoms with Crippen molar-refractivity contribution in [3.63, 3.8) is 0 Å². The number of aliphatic hydroxyl groups is 1. The molecular formula is C11H17NO2. The molecule has 1 fully saturated rings. The Bertz CT molecular complexity index is 315. The first kappa shape index (κ1) is 9.71. The molecule has 0 bridgehead atoms. The normalized spacial score (nSPS) is 21.6. The van der Waals surface area contributed by atoms with Gasteiger partial charge in [-0.3, -0.25) is 0 Å². The zero-order chi connectivity index (χ0) is 10.2. The summed E-state index contributed by atoms with van der Waals surface area (Å²) in [6, 6.07) is 0. The maximum atomic E-state index is 9.91. The zero-order valence-corrected chi connectivity index (χ0v) is 8.79. The quantitative estimate of drug-likeness (QED) is 0.806. The van der Waals surface area contributed by atoms with Crippen molar-refractivity contribution in [1.82, 2.24) is 4.98 Å². The molecule has 14 heavy (non-hydrogen) atoms. The fourth-order valence-electron chi connectivity index (χ4n) is 2.09. The van der Waals surface area contributed by atoms with Gasteiger partial charge in [-0.05, 0) is 24.7 Å². The summed E-state index contributed by atoms with van der Waals surface area (Å²) in [4.78, 5) is 4.14. The highest BCUT2D eigenvalue weighted by Crippen LogP contribution is 2.46. The number of rotatable bonds is 3. The molecule has 1 aromatic heterocycles. The van der Waals surface area contributed by atoms with Crippen LogP contribution in [0.25, 0.3) is 0 Å². The molecule has 1 N–H and O–H groups in total. The van der Waals surface area contributed by atoms with Crippen molar-refractivity contribution in [2.75, 3.05) is 0 Å². The average Bonchev–Trinajstić information content (AvgIpc) is 2.49. The van der Waals surface area contributed by atoms with Gasteiger partial charge in [0.1, 0.15) is 12.0 Å². The maximum absolute atomic E-state index is 9.91. The lowest BCUT2D eigenvalue weighted by Gasteiger charge is -2.39. The van der Waals surface area contributed by atoms with Crippen LogP contribution < -0.4 is 0 Å². The van der Waals surface area contributed by atoms with E-state index in [1.807, 2.05) is 0 Å². The first-order chi connectivity index (χ1) is 6.59. The second-order valence-corrected chi connectivity index (χ2v) is 4.68. The van der Waals surface area contributed by atoms with Crippen molar-refractivity contribution < 1.29 is 9.52 Å². The summed E-state index contributed by atoms with van der Waals surface area (Å²) in [5.41, 5.74) is 1.00. The molecule has 2 rings (SSSR count). The molecule has 1 aliphatic rings. The highest BCUT2D eigenvalue weighted by molar-refractivity contribution is 5.02. The smallest absolute Gasteiger partial charge is 0.191 e. The van der Waals surface area contributed by atoms with E-state index >= 15 is 0 Å². The van der Waals surface area contributed by atoms with Crippen LogP contribution in [-0.4, -0.2) is 10.1 Å². The van der Waals surface area contributed by atoms with Gasteiger partial charge < -0.3 is 9.52 Å². The SMILES string of the molecule is Cc1nc(C(O)CC2(C)CCC2)co1. The van der Waals surface area contributed by atoms with Gasteiger partial charge in [0.15, 0.2) is 5.89 Å². The second kappa shape index (κ2) is 3.39. The van der Waals surface area contributed by atoms with Crippen LogP contribution in [0.3, 0.4) is 0 Å². The molecule has 0 aliphatic heterocycles. The minimum atomic E-state index is -0.460. The van der Waals surface area contributed by atoms with E-state index in [1.54, 1.807) is 13.2 Å². The molecule has 3 nitrogen and oxygen atoms in total. The molecule has 0 radical (unpaired) electrons. The van der Waals surface area contributed by atoms with Gasteiger partial charge in [-0.1, -0.05) is 13.3 Å². The summed E-state index contributed by atoms with van der Waals surface area (Å²) in [5, 5.41) is 9.91. The molecule has 0 amide bonds. The number of hydrogen-bond donors (Lipinski definition) is 1. The van der Waals surface area contributed by atoms with Crippen molar-refractivity contribution in [2.24, 2.45) is 5.41 Å². The van der Waals surface area contributed by atoms with E-state index in [0.717, 1.165) is 6.42 Å². The van der Waals surface area contributed by atoms with Crippen molar-refractivity contribution in [2.45, 2.75) is 45.6 Å². The summed E-state index contributed by atoms with van der Waals surface area (Å²) < 4.78 is 5.08. The number of aliphatic hydroxyl groups excluding tert-OH is 1. The summed E-state index contributed by atoms with van der Waals surface area (Å²) in [5.74, 6) is 0.623. The number of aromatic nitrogens is 1. The number of oxazole rings is 1. The highest BCUT2D eigenvalue weighted by atomic mass is 16.3. The molecule has 3 heteroatoms. The third kappa shape index (κ3) is 1.82. The van der Waals surface area contributed by atoms with Crippen LogP contribution >= 0.6 is 0 Å². The standard InChI is InChI=1S/C11H17NO2/c1-8-12-9(7-14-8)10(13)6-11(2)4-3-5-11/h7,10,13H,3-6H2,1-2H3. The Morgan fingerprint density at radius 2 is 2.36 bits per heavy atom. The molecule has 1 saturated carbocycles. The van der Waals surface area contributed by atoms with E-state index < -0.39 is 6.10 Å². The molecule has 1 atom stereocenters. The summed E-state index contributed by atoms with van der Waals surface area (Å²) in [6.07, 6.45) is 5.64. The third-order valence-electron chi connectivity index (χ3n) is 3.22. The van der Waals surface area contributed by atoms with Gasteiger partial charge in [0.25, 0.3) is 0 Å². The van der Waals surface area contributed by atoms with Crippen molar-refractivity contribution in [3.05, 3.63) is 17.8 Å². The lowest BCUT2D eigenvalue weighted by molar-refractivity contribution is 0.0524. The van der Waals surface area contributed by atoms with Gasteiger partial charge in [-0.2, -0.15) is 0 Å². The molecule has 0 aromatic carbocycles. The van der Waals surface area contributed by atoms with Crippen LogP contribution in [0.1, 0.15) is 50.3 Å². The van der Waals surface area contributed by atoms with Gasteiger partial charge in [-0.25, -0.2) is 4.98 Å². The number of nitrogens with zero attached hydrogens (tertiary/aromatic N) is 1. The van der Waals surface area contributed by atoms with Gasteiger partial charge in [0.05, 0.1) is 6.10 Å². The molecule has 0 spiro atoms. The van der Waals surface area contributed by atoms with Gasteiger partial charge in [-0.15, -0.1) is 0 Å². The van der Waals surface area contributed by atoms with Gasteiger partial charge in [0.2, 0.25) is 0 Å². The zero-order valence-electron chi connectivity index (χ0n) is 8.79. The summed E-state index contributed by atoms with van der Waals surface area (Å²) in [6.45, 7) is 4.02. The number of hydrogen-bond acceptors (Lipinski definition) is 3. The molecule has 1 unspecified atom stereocenters. The van der Waals surface area contributed by atoms with E-state index in [0.29, 0.717) is 17.0 Å². The van der Waals surface area contributed by atoms with Crippen molar-refractivity contribution in [1.29, 1.82) is 0 Å². The van der Waals surface area contributed by atoms with E-state index in [1.165, 1.54) is 19.3 Å². The van der Waals surface area contributed by atoms with Crippen LogP contribution in [0.5, 0.6) is 0 Å². The Hall–Kier alpha value is -0.830. The Morgan fingerprint density at radius 1 is 1.64 bits per heavy atom. The van der Waals surface area contributed by atoms with Crippen LogP contribution in [0.4, 0.5) is 0 Å². The number of aryl methyl sites for hydroxylation is 1. The topological polar surface area (TPSA) is 46.3 Å². The average molecular weight is 195 g/mol. The Labute approximate surface area is 84.2 Å². The Kier molecular flexibility index (Phi) is 2.35. The second-order valence-electron chi connectivity index (χ2n) is 4.68. The monoisotopic (exact) mass is 195 g/mol. The summed E-state index contributed by atoms with van der Waals surface area (Å²) >= 11 is 0. The summed E-state index contributed by atoms with van der Waals surface area (Å²) in [7, 11) is 0. The highest BCUT2D eigenvalue weighted by Gasteiger charge is 2.34. The first-order valence-electron chi connectivity index (χ1n) is 5.19. The van der Waals surface area contributed by atoms with Crippen LogP contribution in [-0.2, 0) is 0 Å². The van der Waals surface area contributed by atoms with E-state index in [2.05, 4.69) is 11.9 Å². The lowest BCUT2D eigenvalue weighted by Crippen LogP contribution is -2.27. The lowest BCUT2D eigenvalue weighted by atomic mass is 9.67. The van der Waals surface area contributed by atoms with Crippen LogP contribution in [0.15, 0.2) is 10.7 Å². The molecule has 1 aliphatic carbocycles. The fraction of sp³-hybridized carbons (Fsp3) is 0.727. The van der Waals surface area contributed by atoms with Crippen molar-refractivity contribution in [3.8, 4) is 0 Å². The third-order valence-corrected chi connectivity index (χ3v) is 3.22. The molecule has 1 aromatic rings. The Balaban J connectivity index is 1.98.